The van der Waals surface area contributed by atoms with Crippen LogP contribution in [0.4, 0.5) is 0 Å². The van der Waals surface area contributed by atoms with Crippen LogP contribution >= 0.6 is 11.6 Å². The summed E-state index contributed by atoms with van der Waals surface area (Å²) in [5, 5.41) is 4.93. The second-order valence-corrected chi connectivity index (χ2v) is 11.3. The number of rotatable bonds is 9. The van der Waals surface area contributed by atoms with Crippen molar-refractivity contribution < 1.29 is 17.4 Å². The van der Waals surface area contributed by atoms with Crippen molar-refractivity contribution in [1.29, 1.82) is 0 Å². The summed E-state index contributed by atoms with van der Waals surface area (Å²) >= 11 is 6.14. The topological polar surface area (TPSA) is 113 Å². The van der Waals surface area contributed by atoms with Gasteiger partial charge in [-0.15, -0.1) is 5.10 Å². The molecule has 1 aromatic carbocycles. The molecule has 0 bridgehead atoms. The quantitative estimate of drug-likeness (QED) is 0.409. The Labute approximate surface area is 203 Å². The minimum atomic E-state index is -3.52. The number of Topliss-reactive ketones (excluding diaryl/α,β-unsaturated/α-hetero) is 1. The first-order valence-electron chi connectivity index (χ1n) is 10.6. The molecule has 0 aliphatic rings. The first-order valence-corrected chi connectivity index (χ1v) is 12.8. The van der Waals surface area contributed by atoms with Crippen LogP contribution in [0.1, 0.15) is 32.8 Å². The number of hydrogen-bond donors (Lipinski definition) is 0. The second kappa shape index (κ2) is 10.2. The van der Waals surface area contributed by atoms with Crippen LogP contribution in [0.25, 0.3) is 17.2 Å². The molecule has 3 rings (SSSR count). The molecule has 0 saturated carbocycles. The SMILES string of the molecule is CC(C)(C)CC(=O)Cn1c(-c2cccc(Cl)c2)nn(-c2ccc(CCOS(C)(=O)=O)cn2)c1=O. The van der Waals surface area contributed by atoms with Gasteiger partial charge in [0, 0.05) is 23.2 Å². The fraction of sp³-hybridized carbons (Fsp3) is 0.391. The minimum absolute atomic E-state index is 0.0107. The van der Waals surface area contributed by atoms with E-state index in [4.69, 9.17) is 15.8 Å². The molecule has 0 atom stereocenters. The molecule has 11 heteroatoms. The zero-order valence-electron chi connectivity index (χ0n) is 19.5. The molecule has 0 radical (unpaired) electrons. The molecule has 0 saturated heterocycles. The summed E-state index contributed by atoms with van der Waals surface area (Å²) in [7, 11) is -3.52. The monoisotopic (exact) mass is 506 g/mol. The average Bonchev–Trinajstić information content (AvgIpc) is 3.02. The van der Waals surface area contributed by atoms with E-state index in [1.54, 1.807) is 36.4 Å². The maximum atomic E-state index is 13.3. The summed E-state index contributed by atoms with van der Waals surface area (Å²) in [6.07, 6.45) is 3.15. The van der Waals surface area contributed by atoms with Crippen molar-refractivity contribution >= 4 is 27.5 Å². The van der Waals surface area contributed by atoms with Gasteiger partial charge in [-0.3, -0.25) is 13.5 Å². The first-order chi connectivity index (χ1) is 15.8. The third-order valence-corrected chi connectivity index (χ3v) is 5.55. The van der Waals surface area contributed by atoms with Gasteiger partial charge in [-0.05, 0) is 35.6 Å². The van der Waals surface area contributed by atoms with Crippen molar-refractivity contribution in [3.63, 3.8) is 0 Å². The zero-order valence-corrected chi connectivity index (χ0v) is 21.1. The van der Waals surface area contributed by atoms with Crippen LogP contribution in [0.15, 0.2) is 47.4 Å². The summed E-state index contributed by atoms with van der Waals surface area (Å²) < 4.78 is 29.4. The van der Waals surface area contributed by atoms with Crippen LogP contribution in [-0.2, 0) is 32.1 Å². The molecular formula is C23H27ClN4O5S. The summed E-state index contributed by atoms with van der Waals surface area (Å²) in [4.78, 5) is 30.3. The molecule has 0 aliphatic heterocycles. The number of ketones is 1. The number of hydrogen-bond acceptors (Lipinski definition) is 7. The van der Waals surface area contributed by atoms with Gasteiger partial charge in [0.25, 0.3) is 10.1 Å². The van der Waals surface area contributed by atoms with Gasteiger partial charge in [0.2, 0.25) is 0 Å². The molecule has 9 nitrogen and oxygen atoms in total. The van der Waals surface area contributed by atoms with E-state index >= 15 is 0 Å². The predicted octanol–water partition coefficient (Wildman–Crippen LogP) is 3.27. The molecule has 0 amide bonds. The molecule has 182 valence electrons. The van der Waals surface area contributed by atoms with E-state index in [9.17, 15) is 18.0 Å². The molecule has 0 spiro atoms. The Hall–Kier alpha value is -2.82. The van der Waals surface area contributed by atoms with Crippen molar-refractivity contribution in [3.05, 3.63) is 63.7 Å². The minimum Gasteiger partial charge on any atom is -0.298 e. The van der Waals surface area contributed by atoms with Gasteiger partial charge >= 0.3 is 5.69 Å². The molecule has 0 unspecified atom stereocenters. The predicted molar refractivity (Wildman–Crippen MR) is 130 cm³/mol. The molecular weight excluding hydrogens is 480 g/mol. The number of nitrogens with zero attached hydrogens (tertiary/aromatic N) is 4. The van der Waals surface area contributed by atoms with Gasteiger partial charge in [-0.1, -0.05) is 50.6 Å². The van der Waals surface area contributed by atoms with Crippen LogP contribution < -0.4 is 5.69 Å². The van der Waals surface area contributed by atoms with Crippen molar-refractivity contribution in [3.8, 4) is 17.2 Å². The lowest BCUT2D eigenvalue weighted by Gasteiger charge is -2.17. The van der Waals surface area contributed by atoms with Crippen LogP contribution in [0.5, 0.6) is 0 Å². The molecule has 0 fully saturated rings. The highest BCUT2D eigenvalue weighted by atomic mass is 35.5. The Bertz CT molecular complexity index is 1340. The molecule has 0 N–H and O–H groups in total. The van der Waals surface area contributed by atoms with Gasteiger partial charge in [0.15, 0.2) is 17.4 Å². The highest BCUT2D eigenvalue weighted by molar-refractivity contribution is 7.85. The molecule has 2 heterocycles. The van der Waals surface area contributed by atoms with E-state index < -0.39 is 15.8 Å². The summed E-state index contributed by atoms with van der Waals surface area (Å²) in [5.41, 5.74) is 0.611. The van der Waals surface area contributed by atoms with Crippen molar-refractivity contribution in [2.24, 2.45) is 5.41 Å². The normalized spacial score (nSPS) is 12.1. The van der Waals surface area contributed by atoms with E-state index in [0.717, 1.165) is 16.5 Å². The van der Waals surface area contributed by atoms with Crippen LogP contribution in [-0.4, -0.2) is 46.4 Å². The van der Waals surface area contributed by atoms with Crippen molar-refractivity contribution in [2.75, 3.05) is 12.9 Å². The lowest BCUT2D eigenvalue weighted by molar-refractivity contribution is -0.121. The number of halogens is 1. The van der Waals surface area contributed by atoms with Crippen LogP contribution in [0.2, 0.25) is 5.02 Å². The Morgan fingerprint density at radius 3 is 2.50 bits per heavy atom. The van der Waals surface area contributed by atoms with Crippen molar-refractivity contribution in [1.82, 2.24) is 19.3 Å². The summed E-state index contributed by atoms with van der Waals surface area (Å²) in [6, 6.07) is 10.2. The number of carbonyl (C=O) groups excluding carboxylic acids is 1. The number of carbonyl (C=O) groups is 1. The number of pyridine rings is 1. The highest BCUT2D eigenvalue weighted by Crippen LogP contribution is 2.23. The maximum absolute atomic E-state index is 13.3. The lowest BCUT2D eigenvalue weighted by Crippen LogP contribution is -2.28. The third kappa shape index (κ3) is 7.09. The molecule has 0 aliphatic carbocycles. The number of benzene rings is 1. The Kier molecular flexibility index (Phi) is 7.74. The van der Waals surface area contributed by atoms with E-state index in [1.165, 1.54) is 10.8 Å². The van der Waals surface area contributed by atoms with Gasteiger partial charge in [0.1, 0.15) is 0 Å². The van der Waals surface area contributed by atoms with Crippen LogP contribution in [0, 0.1) is 5.41 Å². The smallest absolute Gasteiger partial charge is 0.298 e. The fourth-order valence-electron chi connectivity index (χ4n) is 3.35. The van der Waals surface area contributed by atoms with E-state index in [2.05, 4.69) is 10.1 Å². The maximum Gasteiger partial charge on any atom is 0.352 e. The van der Waals surface area contributed by atoms with Gasteiger partial charge < -0.3 is 0 Å². The van der Waals surface area contributed by atoms with Gasteiger partial charge in [0.05, 0.1) is 19.4 Å². The van der Waals surface area contributed by atoms with Crippen molar-refractivity contribution in [2.45, 2.75) is 40.2 Å². The second-order valence-electron chi connectivity index (χ2n) is 9.19. The number of aromatic nitrogens is 4. The highest BCUT2D eigenvalue weighted by Gasteiger charge is 2.22. The summed E-state index contributed by atoms with van der Waals surface area (Å²) in [5.74, 6) is 0.483. The Morgan fingerprint density at radius 2 is 1.91 bits per heavy atom. The molecule has 3 aromatic rings. The molecule has 2 aromatic heterocycles. The lowest BCUT2D eigenvalue weighted by atomic mass is 9.90. The average molecular weight is 507 g/mol. The largest absolute Gasteiger partial charge is 0.352 e. The Balaban J connectivity index is 1.95. The summed E-state index contributed by atoms with van der Waals surface area (Å²) in [6.45, 7) is 5.74. The zero-order chi connectivity index (χ0) is 25.1. The van der Waals surface area contributed by atoms with Gasteiger partial charge in [-0.25, -0.2) is 9.78 Å². The van der Waals surface area contributed by atoms with E-state index in [1.807, 2.05) is 20.8 Å². The third-order valence-electron chi connectivity index (χ3n) is 4.72. The first kappa shape index (κ1) is 25.8. The standard InChI is InChI=1S/C23H27ClN4O5S/c1-23(2,3)13-19(29)15-27-21(17-6-5-7-18(24)12-17)26-28(22(27)30)20-9-8-16(14-25-20)10-11-33-34(4,31)32/h5-9,12,14H,10-11,13,15H2,1-4H3. The van der Waals surface area contributed by atoms with E-state index in [0.29, 0.717) is 29.3 Å². The van der Waals surface area contributed by atoms with Gasteiger partial charge in [-0.2, -0.15) is 13.1 Å². The Morgan fingerprint density at radius 1 is 1.18 bits per heavy atom. The van der Waals surface area contributed by atoms with E-state index in [-0.39, 0.29) is 30.2 Å². The molecule has 34 heavy (non-hydrogen) atoms. The van der Waals surface area contributed by atoms with Crippen LogP contribution in [0.3, 0.4) is 0 Å². The fourth-order valence-corrected chi connectivity index (χ4v) is 3.93.